The summed E-state index contributed by atoms with van der Waals surface area (Å²) in [7, 11) is 0. The third-order valence-electron chi connectivity index (χ3n) is 5.51. The lowest BCUT2D eigenvalue weighted by Gasteiger charge is -2.17. The Bertz CT molecular complexity index is 1290. The second-order valence-corrected chi connectivity index (χ2v) is 7.95. The summed E-state index contributed by atoms with van der Waals surface area (Å²) in [5, 5.41) is 5.44. The lowest BCUT2D eigenvalue weighted by atomic mass is 10.1. The maximum absolute atomic E-state index is 11.4. The van der Waals surface area contributed by atoms with Crippen molar-refractivity contribution in [3.63, 3.8) is 0 Å². The lowest BCUT2D eigenvalue weighted by molar-refractivity contribution is -0.117. The quantitative estimate of drug-likeness (QED) is 0.579. The summed E-state index contributed by atoms with van der Waals surface area (Å²) in [6, 6.07) is 9.98. The van der Waals surface area contributed by atoms with Crippen LogP contribution in [0.3, 0.4) is 0 Å². The molecule has 0 atom stereocenters. The van der Waals surface area contributed by atoms with Gasteiger partial charge >= 0.3 is 0 Å². The first-order valence-corrected chi connectivity index (χ1v) is 11.0. The van der Waals surface area contributed by atoms with Gasteiger partial charge in [-0.3, -0.25) is 14.4 Å². The number of anilines is 2. The van der Waals surface area contributed by atoms with Crippen LogP contribution in [-0.2, 0) is 22.4 Å². The van der Waals surface area contributed by atoms with E-state index in [0.29, 0.717) is 43.0 Å². The van der Waals surface area contributed by atoms with E-state index in [9.17, 15) is 14.4 Å². The first-order chi connectivity index (χ1) is 16.4. The maximum atomic E-state index is 11.4. The van der Waals surface area contributed by atoms with E-state index in [0.717, 1.165) is 34.5 Å². The molecule has 2 amide bonds. The van der Waals surface area contributed by atoms with E-state index in [1.807, 2.05) is 56.3 Å². The van der Waals surface area contributed by atoms with Crippen LogP contribution in [0.15, 0.2) is 30.3 Å². The third-order valence-corrected chi connectivity index (χ3v) is 5.51. The smallest absolute Gasteiger partial charge is 0.225 e. The summed E-state index contributed by atoms with van der Waals surface area (Å²) >= 11 is 0. The predicted octanol–water partition coefficient (Wildman–Crippen LogP) is 3.32. The Morgan fingerprint density at radius 3 is 1.79 bits per heavy atom. The SMILES string of the molecule is Cc1nc(C=Cc2ccccc2)nc2c1CCC(=O)N2.Cc1nc(C=O)nc2c1CCC(=O)N2. The molecule has 0 aliphatic carbocycles. The molecule has 0 saturated heterocycles. The molecule has 2 aliphatic heterocycles. The molecular weight excluding hydrogens is 432 g/mol. The van der Waals surface area contributed by atoms with E-state index in [4.69, 9.17) is 0 Å². The van der Waals surface area contributed by atoms with Crippen molar-refractivity contribution in [2.24, 2.45) is 0 Å². The van der Waals surface area contributed by atoms with Gasteiger partial charge in [-0.05, 0) is 38.3 Å². The summed E-state index contributed by atoms with van der Waals surface area (Å²) < 4.78 is 0. The average Bonchev–Trinajstić information content (AvgIpc) is 2.83. The van der Waals surface area contributed by atoms with Gasteiger partial charge in [-0.2, -0.15) is 0 Å². The van der Waals surface area contributed by atoms with Crippen LogP contribution in [0.1, 0.15) is 57.4 Å². The number of fused-ring (bicyclic) bond motifs is 2. The van der Waals surface area contributed by atoms with Crippen molar-refractivity contribution >= 4 is 41.9 Å². The highest BCUT2D eigenvalue weighted by Gasteiger charge is 2.20. The molecule has 34 heavy (non-hydrogen) atoms. The molecule has 2 aliphatic rings. The van der Waals surface area contributed by atoms with Crippen molar-refractivity contribution in [3.8, 4) is 0 Å². The summed E-state index contributed by atoms with van der Waals surface area (Å²) in [4.78, 5) is 49.8. The van der Waals surface area contributed by atoms with Crippen LogP contribution in [0.4, 0.5) is 11.6 Å². The number of aryl methyl sites for hydroxylation is 2. The molecule has 9 heteroatoms. The lowest BCUT2D eigenvalue weighted by Crippen LogP contribution is -2.22. The van der Waals surface area contributed by atoms with Gasteiger partial charge in [-0.15, -0.1) is 0 Å². The number of nitrogens with one attached hydrogen (secondary N) is 2. The zero-order valence-corrected chi connectivity index (χ0v) is 19.0. The van der Waals surface area contributed by atoms with E-state index in [1.54, 1.807) is 0 Å². The molecule has 0 spiro atoms. The van der Waals surface area contributed by atoms with Crippen LogP contribution in [-0.4, -0.2) is 38.0 Å². The maximum Gasteiger partial charge on any atom is 0.225 e. The fourth-order valence-corrected chi connectivity index (χ4v) is 3.77. The van der Waals surface area contributed by atoms with E-state index >= 15 is 0 Å². The van der Waals surface area contributed by atoms with Gasteiger partial charge < -0.3 is 10.6 Å². The Kier molecular flexibility index (Phi) is 6.82. The molecule has 5 rings (SSSR count). The summed E-state index contributed by atoms with van der Waals surface area (Å²) in [6.45, 7) is 3.77. The fraction of sp³-hybridized carbons (Fsp3) is 0.240. The second kappa shape index (κ2) is 10.1. The van der Waals surface area contributed by atoms with Crippen molar-refractivity contribution < 1.29 is 14.4 Å². The van der Waals surface area contributed by atoms with E-state index in [2.05, 4.69) is 30.6 Å². The number of amides is 2. The van der Waals surface area contributed by atoms with Gasteiger partial charge in [0.15, 0.2) is 17.9 Å². The van der Waals surface area contributed by atoms with Crippen LogP contribution in [0.25, 0.3) is 12.2 Å². The van der Waals surface area contributed by atoms with Gasteiger partial charge in [-0.25, -0.2) is 19.9 Å². The zero-order chi connectivity index (χ0) is 24.1. The molecule has 9 nitrogen and oxygen atoms in total. The molecule has 2 aromatic heterocycles. The molecule has 172 valence electrons. The minimum atomic E-state index is -0.0625. The fourth-order valence-electron chi connectivity index (χ4n) is 3.77. The largest absolute Gasteiger partial charge is 0.310 e. The zero-order valence-electron chi connectivity index (χ0n) is 19.0. The third kappa shape index (κ3) is 5.37. The Morgan fingerprint density at radius 2 is 1.24 bits per heavy atom. The van der Waals surface area contributed by atoms with Crippen molar-refractivity contribution in [2.45, 2.75) is 39.5 Å². The molecule has 2 N–H and O–H groups in total. The number of rotatable bonds is 3. The van der Waals surface area contributed by atoms with Gasteiger partial charge in [0.05, 0.1) is 0 Å². The Morgan fingerprint density at radius 1 is 0.706 bits per heavy atom. The minimum absolute atomic E-state index is 0.0218. The molecule has 3 aromatic rings. The van der Waals surface area contributed by atoms with E-state index < -0.39 is 0 Å². The highest BCUT2D eigenvalue weighted by molar-refractivity contribution is 5.93. The van der Waals surface area contributed by atoms with Gasteiger partial charge in [0.1, 0.15) is 11.6 Å². The van der Waals surface area contributed by atoms with Gasteiger partial charge in [0.2, 0.25) is 11.8 Å². The number of benzene rings is 1. The van der Waals surface area contributed by atoms with Crippen LogP contribution < -0.4 is 10.6 Å². The number of hydrogen-bond donors (Lipinski definition) is 2. The molecular formula is C25H24N6O3. The number of hydrogen-bond acceptors (Lipinski definition) is 7. The van der Waals surface area contributed by atoms with E-state index in [1.165, 1.54) is 0 Å². The Labute approximate surface area is 196 Å². The predicted molar refractivity (Wildman–Crippen MR) is 128 cm³/mol. The number of aldehydes is 1. The summed E-state index contributed by atoms with van der Waals surface area (Å²) in [5.74, 6) is 1.83. The molecule has 0 unspecified atom stereocenters. The molecule has 0 saturated carbocycles. The first kappa shape index (κ1) is 22.9. The van der Waals surface area contributed by atoms with Crippen molar-refractivity contribution in [1.29, 1.82) is 0 Å². The summed E-state index contributed by atoms with van der Waals surface area (Å²) in [6.07, 6.45) is 6.74. The molecule has 0 radical (unpaired) electrons. The van der Waals surface area contributed by atoms with Crippen molar-refractivity contribution in [1.82, 2.24) is 19.9 Å². The van der Waals surface area contributed by atoms with Crippen LogP contribution in [0.5, 0.6) is 0 Å². The normalized spacial score (nSPS) is 14.3. The van der Waals surface area contributed by atoms with Crippen molar-refractivity contribution in [3.05, 3.63) is 70.1 Å². The van der Waals surface area contributed by atoms with E-state index in [-0.39, 0.29) is 17.6 Å². The second-order valence-electron chi connectivity index (χ2n) is 7.95. The topological polar surface area (TPSA) is 127 Å². The monoisotopic (exact) mass is 456 g/mol. The highest BCUT2D eigenvalue weighted by Crippen LogP contribution is 2.23. The van der Waals surface area contributed by atoms with Gasteiger partial charge in [0, 0.05) is 35.4 Å². The Balaban J connectivity index is 0.000000172. The highest BCUT2D eigenvalue weighted by atomic mass is 16.2. The minimum Gasteiger partial charge on any atom is -0.310 e. The molecule has 0 fully saturated rings. The number of nitrogens with zero attached hydrogens (tertiary/aromatic N) is 4. The van der Waals surface area contributed by atoms with Gasteiger partial charge in [-0.1, -0.05) is 36.4 Å². The first-order valence-electron chi connectivity index (χ1n) is 11.0. The molecule has 1 aromatic carbocycles. The van der Waals surface area contributed by atoms with Gasteiger partial charge in [0.25, 0.3) is 0 Å². The average molecular weight is 457 g/mol. The van der Waals surface area contributed by atoms with Crippen LogP contribution >= 0.6 is 0 Å². The summed E-state index contributed by atoms with van der Waals surface area (Å²) in [5.41, 5.74) is 4.76. The van der Waals surface area contributed by atoms with Crippen LogP contribution in [0, 0.1) is 13.8 Å². The number of aromatic nitrogens is 4. The number of carbonyl (C=O) groups excluding carboxylic acids is 3. The van der Waals surface area contributed by atoms with Crippen molar-refractivity contribution in [2.75, 3.05) is 10.6 Å². The molecule has 4 heterocycles. The molecule has 0 bridgehead atoms. The number of carbonyl (C=O) groups is 3. The Hall–Kier alpha value is -4.27. The standard InChI is InChI=1S/C16H15N3O.C9H9N3O2/c1-11-13-8-10-15(20)19-16(13)18-14(17-11)9-7-12-5-3-2-4-6-12;1-5-6-2-3-8(14)12-9(6)11-7(4-13)10-5/h2-7,9H,8,10H2,1H3,(H,17,18,19,20);4H,2-3H2,1H3,(H,10,11,12,14). The van der Waals surface area contributed by atoms with Crippen LogP contribution in [0.2, 0.25) is 0 Å².